The predicted octanol–water partition coefficient (Wildman–Crippen LogP) is 3.16. The zero-order valence-electron chi connectivity index (χ0n) is 13.5. The molecule has 24 heavy (non-hydrogen) atoms. The third-order valence-corrected chi connectivity index (χ3v) is 5.25. The molecule has 6 nitrogen and oxygen atoms in total. The summed E-state index contributed by atoms with van der Waals surface area (Å²) in [6.07, 6.45) is 3.72. The highest BCUT2D eigenvalue weighted by molar-refractivity contribution is 7.13. The summed E-state index contributed by atoms with van der Waals surface area (Å²) < 4.78 is 5.53. The van der Waals surface area contributed by atoms with E-state index in [9.17, 15) is 14.7 Å². The lowest BCUT2D eigenvalue weighted by Gasteiger charge is -2.33. The molecule has 0 aliphatic heterocycles. The summed E-state index contributed by atoms with van der Waals surface area (Å²) in [7, 11) is 0. The van der Waals surface area contributed by atoms with Gasteiger partial charge in [-0.25, -0.2) is 9.78 Å². The minimum absolute atomic E-state index is 0.0746. The van der Waals surface area contributed by atoms with Gasteiger partial charge in [0.15, 0.2) is 10.8 Å². The van der Waals surface area contributed by atoms with Crippen LogP contribution in [-0.4, -0.2) is 27.5 Å². The van der Waals surface area contributed by atoms with Gasteiger partial charge in [-0.3, -0.25) is 4.79 Å². The molecular weight excluding hydrogens is 328 g/mol. The smallest absolute Gasteiger partial charge is 0.329 e. The summed E-state index contributed by atoms with van der Waals surface area (Å²) in [5.74, 6) is 0.242. The van der Waals surface area contributed by atoms with Gasteiger partial charge >= 0.3 is 5.97 Å². The van der Waals surface area contributed by atoms with E-state index in [0.717, 1.165) is 30.0 Å². The van der Waals surface area contributed by atoms with Crippen LogP contribution in [0.1, 0.15) is 43.6 Å². The van der Waals surface area contributed by atoms with Gasteiger partial charge in [0.2, 0.25) is 5.91 Å². The Bertz CT molecular complexity index is 743. The molecular formula is C17H20N2O4S. The van der Waals surface area contributed by atoms with Gasteiger partial charge < -0.3 is 14.8 Å². The van der Waals surface area contributed by atoms with Crippen LogP contribution in [0, 0.1) is 6.92 Å². The zero-order valence-corrected chi connectivity index (χ0v) is 14.3. The maximum absolute atomic E-state index is 12.3. The van der Waals surface area contributed by atoms with Crippen LogP contribution < -0.4 is 5.32 Å². The van der Waals surface area contributed by atoms with Crippen molar-refractivity contribution in [2.24, 2.45) is 0 Å². The number of thiazole rings is 1. The lowest BCUT2D eigenvalue weighted by Crippen LogP contribution is -2.56. The Kier molecular flexibility index (Phi) is 4.71. The Hall–Kier alpha value is -2.15. The average molecular weight is 348 g/mol. The van der Waals surface area contributed by atoms with E-state index < -0.39 is 11.5 Å². The number of amides is 1. The number of hydrogen-bond acceptors (Lipinski definition) is 5. The van der Waals surface area contributed by atoms with Gasteiger partial charge in [0.05, 0.1) is 12.1 Å². The molecule has 0 unspecified atom stereocenters. The Balaban J connectivity index is 1.66. The highest BCUT2D eigenvalue weighted by Gasteiger charge is 2.40. The molecule has 128 valence electrons. The number of hydrogen-bond donors (Lipinski definition) is 2. The van der Waals surface area contributed by atoms with Crippen molar-refractivity contribution in [3.8, 4) is 10.8 Å². The number of aromatic nitrogens is 1. The molecule has 1 aliphatic carbocycles. The summed E-state index contributed by atoms with van der Waals surface area (Å²) in [5, 5.41) is 14.8. The maximum atomic E-state index is 12.3. The number of carboxylic acid groups (broad SMARTS) is 1. The van der Waals surface area contributed by atoms with Gasteiger partial charge in [0.25, 0.3) is 0 Å². The number of carbonyl (C=O) groups is 2. The Morgan fingerprint density at radius 3 is 2.71 bits per heavy atom. The summed E-state index contributed by atoms with van der Waals surface area (Å²) in [4.78, 5) is 28.3. The molecule has 0 radical (unpaired) electrons. The third kappa shape index (κ3) is 3.51. The number of carbonyl (C=O) groups excluding carboxylic acids is 1. The van der Waals surface area contributed by atoms with Gasteiger partial charge in [-0.1, -0.05) is 19.3 Å². The van der Waals surface area contributed by atoms with Gasteiger partial charge in [-0.15, -0.1) is 11.3 Å². The summed E-state index contributed by atoms with van der Waals surface area (Å²) in [5.41, 5.74) is -0.496. The van der Waals surface area contributed by atoms with Gasteiger partial charge in [0, 0.05) is 5.38 Å². The van der Waals surface area contributed by atoms with E-state index in [1.807, 2.05) is 19.1 Å². The van der Waals surface area contributed by atoms with Crippen LogP contribution in [0.4, 0.5) is 0 Å². The van der Waals surface area contributed by atoms with Crippen molar-refractivity contribution in [3.05, 3.63) is 29.0 Å². The Morgan fingerprint density at radius 1 is 1.33 bits per heavy atom. The fourth-order valence-electron chi connectivity index (χ4n) is 3.07. The standard InChI is InChI=1S/C17H20N2O4S/c1-11-5-6-13(23-11)15-18-12(10-24-15)9-14(20)19-17(16(21)22)7-3-2-4-8-17/h5-6,10H,2-4,7-9H2,1H3,(H,19,20)(H,21,22). The largest absolute Gasteiger partial charge is 0.480 e. The topological polar surface area (TPSA) is 92.4 Å². The summed E-state index contributed by atoms with van der Waals surface area (Å²) in [6.45, 7) is 1.86. The summed E-state index contributed by atoms with van der Waals surface area (Å²) in [6, 6.07) is 3.71. The highest BCUT2D eigenvalue weighted by atomic mass is 32.1. The first-order valence-corrected chi connectivity index (χ1v) is 8.92. The van der Waals surface area contributed by atoms with Gasteiger partial charge in [-0.05, 0) is 31.9 Å². The molecule has 3 rings (SSSR count). The minimum Gasteiger partial charge on any atom is -0.480 e. The number of nitrogens with zero attached hydrogens (tertiary/aromatic N) is 1. The molecule has 2 heterocycles. The molecule has 2 aromatic rings. The van der Waals surface area contributed by atoms with Crippen molar-refractivity contribution < 1.29 is 19.1 Å². The number of aryl methyl sites for hydroxylation is 1. The Labute approximate surface area is 143 Å². The van der Waals surface area contributed by atoms with Crippen molar-refractivity contribution >= 4 is 23.2 Å². The number of aliphatic carboxylic acids is 1. The normalized spacial score (nSPS) is 16.7. The van der Waals surface area contributed by atoms with E-state index in [0.29, 0.717) is 24.3 Å². The molecule has 7 heteroatoms. The second-order valence-corrected chi connectivity index (χ2v) is 7.09. The fourth-order valence-corrected chi connectivity index (χ4v) is 3.85. The lowest BCUT2D eigenvalue weighted by atomic mass is 9.81. The van der Waals surface area contributed by atoms with Crippen molar-refractivity contribution in [3.63, 3.8) is 0 Å². The average Bonchev–Trinajstić information content (AvgIpc) is 3.17. The van der Waals surface area contributed by atoms with Crippen molar-refractivity contribution in [2.45, 2.75) is 51.0 Å². The maximum Gasteiger partial charge on any atom is 0.329 e. The first-order chi connectivity index (χ1) is 11.5. The van der Waals surface area contributed by atoms with E-state index in [4.69, 9.17) is 4.42 Å². The first kappa shape index (κ1) is 16.7. The van der Waals surface area contributed by atoms with E-state index in [1.165, 1.54) is 11.3 Å². The Morgan fingerprint density at radius 2 is 2.08 bits per heavy atom. The second kappa shape index (κ2) is 6.76. The van der Waals surface area contributed by atoms with Crippen LogP contribution in [0.25, 0.3) is 10.8 Å². The number of carboxylic acids is 1. The highest BCUT2D eigenvalue weighted by Crippen LogP contribution is 2.29. The molecule has 1 aliphatic rings. The number of nitrogens with one attached hydrogen (secondary N) is 1. The lowest BCUT2D eigenvalue weighted by molar-refractivity contribution is -0.149. The molecule has 0 spiro atoms. The zero-order chi connectivity index (χ0) is 17.2. The van der Waals surface area contributed by atoms with Gasteiger partial charge in [-0.2, -0.15) is 0 Å². The van der Waals surface area contributed by atoms with Crippen LogP contribution in [0.3, 0.4) is 0 Å². The molecule has 1 amide bonds. The van der Waals surface area contributed by atoms with Crippen molar-refractivity contribution in [1.82, 2.24) is 10.3 Å². The SMILES string of the molecule is Cc1ccc(-c2nc(CC(=O)NC3(C(=O)O)CCCCC3)cs2)o1. The third-order valence-electron chi connectivity index (χ3n) is 4.34. The molecule has 0 bridgehead atoms. The van der Waals surface area contributed by atoms with Crippen LogP contribution >= 0.6 is 11.3 Å². The van der Waals surface area contributed by atoms with Crippen LogP contribution in [-0.2, 0) is 16.0 Å². The number of furan rings is 1. The van der Waals surface area contributed by atoms with Crippen LogP contribution in [0.5, 0.6) is 0 Å². The van der Waals surface area contributed by atoms with Crippen molar-refractivity contribution in [1.29, 1.82) is 0 Å². The second-order valence-electron chi connectivity index (χ2n) is 6.23. The van der Waals surface area contributed by atoms with E-state index in [1.54, 1.807) is 5.38 Å². The van der Waals surface area contributed by atoms with E-state index in [2.05, 4.69) is 10.3 Å². The fraction of sp³-hybridized carbons (Fsp3) is 0.471. The van der Waals surface area contributed by atoms with Crippen LogP contribution in [0.2, 0.25) is 0 Å². The van der Waals surface area contributed by atoms with Crippen molar-refractivity contribution in [2.75, 3.05) is 0 Å². The molecule has 0 atom stereocenters. The summed E-state index contributed by atoms with van der Waals surface area (Å²) >= 11 is 1.41. The molecule has 0 aromatic carbocycles. The van der Waals surface area contributed by atoms with Gasteiger partial charge in [0.1, 0.15) is 11.3 Å². The molecule has 2 aromatic heterocycles. The molecule has 1 fully saturated rings. The first-order valence-electron chi connectivity index (χ1n) is 8.04. The van der Waals surface area contributed by atoms with Crippen LogP contribution in [0.15, 0.2) is 21.9 Å². The van der Waals surface area contributed by atoms with E-state index in [-0.39, 0.29) is 12.3 Å². The molecule has 0 saturated heterocycles. The molecule has 1 saturated carbocycles. The number of rotatable bonds is 5. The van der Waals surface area contributed by atoms with E-state index >= 15 is 0 Å². The predicted molar refractivity (Wildman–Crippen MR) is 89.9 cm³/mol. The minimum atomic E-state index is -1.12. The molecule has 2 N–H and O–H groups in total. The quantitative estimate of drug-likeness (QED) is 0.866. The monoisotopic (exact) mass is 348 g/mol.